The van der Waals surface area contributed by atoms with Crippen molar-refractivity contribution in [2.24, 2.45) is 0 Å². The Labute approximate surface area is 492 Å². The van der Waals surface area contributed by atoms with Gasteiger partial charge >= 0.3 is 34.1 Å². The molecule has 8 aromatic carbocycles. The van der Waals surface area contributed by atoms with E-state index < -0.39 is 31.7 Å². The van der Waals surface area contributed by atoms with Gasteiger partial charge in [0.05, 0.1) is 0 Å². The molecule has 0 aliphatic heterocycles. The van der Waals surface area contributed by atoms with E-state index >= 15 is 0 Å². The van der Waals surface area contributed by atoms with Gasteiger partial charge in [-0.3, -0.25) is 0 Å². The van der Waals surface area contributed by atoms with Crippen LogP contribution in [-0.2, 0) is 54.6 Å². The van der Waals surface area contributed by atoms with Gasteiger partial charge in [0, 0.05) is 43.1 Å². The first-order chi connectivity index (χ1) is 35.8. The van der Waals surface area contributed by atoms with E-state index in [4.69, 9.17) is 0 Å². The second-order valence-electron chi connectivity index (χ2n) is 16.6. The Morgan fingerprint density at radius 2 is 0.267 bits per heavy atom. The molecule has 0 atom stereocenters. The van der Waals surface area contributed by atoms with Crippen molar-refractivity contribution < 1.29 is 54.6 Å². The first-order valence-electron chi connectivity index (χ1n) is 24.3. The summed E-state index contributed by atoms with van der Waals surface area (Å²) in [6.45, 7) is 0. The van der Waals surface area contributed by atoms with Crippen molar-refractivity contribution in [2.45, 2.75) is 0 Å². The van der Waals surface area contributed by atoms with Crippen LogP contribution in [0.15, 0.2) is 243 Å². The average molecular weight is 1220 g/mol. The third-order valence-electron chi connectivity index (χ3n) is 11.7. The van der Waals surface area contributed by atoms with Crippen molar-refractivity contribution in [2.75, 3.05) is 0 Å². The average Bonchev–Trinajstić information content (AvgIpc) is 4.34. The molecule has 20 radical (unpaired) electrons. The van der Waals surface area contributed by atoms with Gasteiger partial charge in [0.1, 0.15) is 0 Å². The van der Waals surface area contributed by atoms with E-state index in [2.05, 4.69) is 345 Å². The Morgan fingerprint density at radius 3 is 0.373 bits per heavy atom. The first-order valence-corrected chi connectivity index (χ1v) is 29.6. The van der Waals surface area contributed by atoms with Crippen LogP contribution < -0.4 is 42.4 Å². The van der Waals surface area contributed by atoms with Gasteiger partial charge in [-0.05, 0) is 177 Å². The van der Waals surface area contributed by atoms with Crippen LogP contribution in [0.25, 0.3) is 0 Å². The van der Waals surface area contributed by atoms with E-state index in [9.17, 15) is 0 Å². The molecule has 0 unspecified atom stereocenters. The van der Waals surface area contributed by atoms with Gasteiger partial charge in [-0.15, -0.1) is 0 Å². The molecule has 0 aromatic heterocycles. The second-order valence-corrected chi connectivity index (χ2v) is 25.5. The molecule has 0 heterocycles. The summed E-state index contributed by atoms with van der Waals surface area (Å²) in [5.74, 6) is 0. The molecule has 4 aliphatic rings. The molecule has 4 fully saturated rings. The molecular formula is C68H56Fe2P4Pd+4. The number of rotatable bonds is 12. The van der Waals surface area contributed by atoms with Crippen molar-refractivity contribution in [1.29, 1.82) is 0 Å². The van der Waals surface area contributed by atoms with E-state index in [0.29, 0.717) is 0 Å². The minimum Gasteiger partial charge on any atom is -0.0622 e. The zero-order valence-corrected chi connectivity index (χ0v) is 48.5. The van der Waals surface area contributed by atoms with Crippen molar-refractivity contribution in [3.05, 3.63) is 368 Å². The van der Waals surface area contributed by atoms with Crippen LogP contribution in [0.1, 0.15) is 0 Å². The fourth-order valence-electron chi connectivity index (χ4n) is 8.46. The van der Waals surface area contributed by atoms with Crippen LogP contribution in [0.5, 0.6) is 0 Å². The predicted molar refractivity (Wildman–Crippen MR) is 318 cm³/mol. The predicted octanol–water partition coefficient (Wildman–Crippen LogP) is 13.9. The Hall–Kier alpha value is -2.82. The van der Waals surface area contributed by atoms with Crippen molar-refractivity contribution in [1.82, 2.24) is 0 Å². The van der Waals surface area contributed by atoms with E-state index in [1.165, 1.54) is 65.1 Å². The minimum atomic E-state index is -0.409. The number of benzene rings is 8. The van der Waals surface area contributed by atoms with Crippen molar-refractivity contribution in [3.63, 3.8) is 0 Å². The Bertz CT molecular complexity index is 2130. The first kappa shape index (κ1) is 61.4. The molecule has 0 nitrogen and oxygen atoms in total. The zero-order valence-electron chi connectivity index (χ0n) is 41.1. The summed E-state index contributed by atoms with van der Waals surface area (Å²) < 4.78 is 0. The van der Waals surface area contributed by atoms with Crippen LogP contribution in [0, 0.1) is 125 Å². The SMILES string of the molecule is [CH]1[CH][CH][C](P(c2ccccc2)c2ccccc2)[CH]1.[CH]1[CH][CH][C](P(c2ccccc2)c2ccccc2)[CH]1.[CH]1[CH][CH][C](P(c2ccccc2)c2ccccc2)[CH]1.[CH]1[CH][CH][C](P(c2ccccc2)c2ccccc2)[CH]1.[Fe+2].[Fe+2].[Pd]. The molecule has 0 saturated heterocycles. The maximum Gasteiger partial charge on any atom is 2.00 e. The molecule has 75 heavy (non-hydrogen) atoms. The van der Waals surface area contributed by atoms with E-state index in [-0.39, 0.29) is 54.6 Å². The maximum atomic E-state index is 2.23. The zero-order chi connectivity index (χ0) is 48.8. The van der Waals surface area contributed by atoms with Crippen molar-refractivity contribution >= 4 is 74.1 Å². The molecule has 370 valence electrons. The van der Waals surface area contributed by atoms with Crippen molar-refractivity contribution in [3.8, 4) is 0 Å². The van der Waals surface area contributed by atoms with Crippen LogP contribution in [0.2, 0.25) is 0 Å². The van der Waals surface area contributed by atoms with Crippen LogP contribution >= 0.6 is 31.7 Å². The van der Waals surface area contributed by atoms with Crippen LogP contribution in [0.3, 0.4) is 0 Å². The van der Waals surface area contributed by atoms with Gasteiger partial charge in [-0.2, -0.15) is 0 Å². The molecule has 0 spiro atoms. The summed E-state index contributed by atoms with van der Waals surface area (Å²) in [6.07, 6.45) is 34.8. The maximum absolute atomic E-state index is 2.23. The van der Waals surface area contributed by atoms with Crippen LogP contribution in [-0.4, -0.2) is 0 Å². The summed E-state index contributed by atoms with van der Waals surface area (Å²) in [6, 6.07) is 86.2. The third-order valence-corrected chi connectivity index (χ3v) is 21.5. The van der Waals surface area contributed by atoms with Gasteiger partial charge in [0.25, 0.3) is 0 Å². The second kappa shape index (κ2) is 34.2. The monoisotopic (exact) mass is 1210 g/mol. The Balaban J connectivity index is 0.000000160. The summed E-state index contributed by atoms with van der Waals surface area (Å²) >= 11 is 0. The fraction of sp³-hybridized carbons (Fsp3) is 0. The summed E-state index contributed by atoms with van der Waals surface area (Å²) in [5, 5.41) is 11.3. The number of hydrogen-bond acceptors (Lipinski definition) is 0. The summed E-state index contributed by atoms with van der Waals surface area (Å²) in [7, 11) is -1.64. The smallest absolute Gasteiger partial charge is 0.0622 e. The quantitative estimate of drug-likeness (QED) is 0.0845. The minimum absolute atomic E-state index is 0. The van der Waals surface area contributed by atoms with Gasteiger partial charge in [0.2, 0.25) is 0 Å². The fourth-order valence-corrected chi connectivity index (χ4v) is 17.7. The topological polar surface area (TPSA) is 0 Å². The van der Waals surface area contributed by atoms with Gasteiger partial charge in [-0.1, -0.05) is 243 Å². The van der Waals surface area contributed by atoms with Crippen LogP contribution in [0.4, 0.5) is 0 Å². The van der Waals surface area contributed by atoms with E-state index in [0.717, 1.165) is 0 Å². The molecule has 0 amide bonds. The summed E-state index contributed by atoms with van der Waals surface area (Å²) in [4.78, 5) is 0. The standard InChI is InChI=1S/4C17H14P.2Fe.Pd/c4*1-3-9-15(10-4-1)18(17-13-7-8-14-17)16-11-5-2-6-12-16;;;/h4*1-14H;;;/q;;;;2*+2;. The Morgan fingerprint density at radius 1 is 0.160 bits per heavy atom. The molecule has 0 bridgehead atoms. The van der Waals surface area contributed by atoms with E-state index in [1.54, 1.807) is 0 Å². The van der Waals surface area contributed by atoms with Gasteiger partial charge in [0.15, 0.2) is 0 Å². The normalized spacial score (nSPS) is 15.6. The molecule has 8 aromatic rings. The third kappa shape index (κ3) is 18.1. The molecule has 4 saturated carbocycles. The van der Waals surface area contributed by atoms with Gasteiger partial charge in [-0.25, -0.2) is 0 Å². The Kier molecular flexibility index (Phi) is 28.0. The largest absolute Gasteiger partial charge is 2.00 e. The molecule has 7 heteroatoms. The van der Waals surface area contributed by atoms with E-state index in [1.807, 2.05) is 0 Å². The molecule has 4 aliphatic carbocycles. The molecule has 0 N–H and O–H groups in total. The van der Waals surface area contributed by atoms with Gasteiger partial charge < -0.3 is 0 Å². The molecule has 12 rings (SSSR count). The summed E-state index contributed by atoms with van der Waals surface area (Å²) in [5.41, 5.74) is 5.68. The molecular weight excluding hydrogens is 1160 g/mol. The number of hydrogen-bond donors (Lipinski definition) is 0.